The zero-order valence-corrected chi connectivity index (χ0v) is 14.5. The molecule has 3 heterocycles. The van der Waals surface area contributed by atoms with E-state index in [-0.39, 0.29) is 17.3 Å². The van der Waals surface area contributed by atoms with Crippen LogP contribution in [0.15, 0.2) is 48.9 Å². The van der Waals surface area contributed by atoms with E-state index in [1.807, 2.05) is 0 Å². The van der Waals surface area contributed by atoms with Gasteiger partial charge >= 0.3 is 0 Å². The molecule has 0 radical (unpaired) electrons. The summed E-state index contributed by atoms with van der Waals surface area (Å²) in [6.45, 7) is 2.82. The number of aryl methyl sites for hydroxylation is 1. The molecule has 0 unspecified atom stereocenters. The van der Waals surface area contributed by atoms with Crippen molar-refractivity contribution >= 4 is 17.5 Å². The molecule has 0 spiro atoms. The van der Waals surface area contributed by atoms with Crippen molar-refractivity contribution in [1.82, 2.24) is 29.4 Å². The fraction of sp³-hybridized carbons (Fsp3) is 0.167. The summed E-state index contributed by atoms with van der Waals surface area (Å²) in [7, 11) is 0. The summed E-state index contributed by atoms with van der Waals surface area (Å²) in [6, 6.07) is 9.19. The molecule has 4 aromatic rings. The number of carbonyl (C=O) groups excluding carboxylic acids is 1. The van der Waals surface area contributed by atoms with E-state index in [4.69, 9.17) is 0 Å². The largest absolute Gasteiger partial charge is 0.304 e. The SMILES string of the molecule is CCCn1ccc(NC(=O)c2cc(-c3ccc(F)cc3)nc3ncnn23)n1. The summed E-state index contributed by atoms with van der Waals surface area (Å²) in [5, 5.41) is 11.1. The van der Waals surface area contributed by atoms with Crippen LogP contribution < -0.4 is 5.32 Å². The average Bonchev–Trinajstić information content (AvgIpc) is 3.31. The Morgan fingerprint density at radius 1 is 1.22 bits per heavy atom. The molecule has 0 fully saturated rings. The van der Waals surface area contributed by atoms with Crippen LogP contribution in [0.3, 0.4) is 0 Å². The lowest BCUT2D eigenvalue weighted by atomic mass is 10.1. The smallest absolute Gasteiger partial charge is 0.275 e. The predicted molar refractivity (Wildman–Crippen MR) is 96.6 cm³/mol. The van der Waals surface area contributed by atoms with E-state index < -0.39 is 5.91 Å². The van der Waals surface area contributed by atoms with Gasteiger partial charge in [0, 0.05) is 24.4 Å². The third-order valence-corrected chi connectivity index (χ3v) is 3.96. The normalized spacial score (nSPS) is 11.0. The number of halogens is 1. The Kier molecular flexibility index (Phi) is 4.33. The summed E-state index contributed by atoms with van der Waals surface area (Å²) < 4.78 is 16.3. The number of aromatic nitrogens is 6. The van der Waals surface area contributed by atoms with Gasteiger partial charge in [-0.3, -0.25) is 9.48 Å². The van der Waals surface area contributed by atoms with Crippen molar-refractivity contribution in [3.8, 4) is 11.3 Å². The van der Waals surface area contributed by atoms with Gasteiger partial charge in [0.1, 0.15) is 17.8 Å². The topological polar surface area (TPSA) is 90.0 Å². The molecule has 1 amide bonds. The van der Waals surface area contributed by atoms with Crippen molar-refractivity contribution in [3.63, 3.8) is 0 Å². The summed E-state index contributed by atoms with van der Waals surface area (Å²) in [5.41, 5.74) is 1.42. The number of hydrogen-bond donors (Lipinski definition) is 1. The van der Waals surface area contributed by atoms with Crippen molar-refractivity contribution in [2.24, 2.45) is 0 Å². The van der Waals surface area contributed by atoms with Crippen molar-refractivity contribution in [3.05, 3.63) is 60.4 Å². The minimum atomic E-state index is -0.391. The first-order chi connectivity index (χ1) is 13.1. The van der Waals surface area contributed by atoms with E-state index in [1.54, 1.807) is 35.1 Å². The number of rotatable bonds is 5. The zero-order chi connectivity index (χ0) is 18.8. The Bertz CT molecular complexity index is 1100. The number of anilines is 1. The second-order valence-electron chi connectivity index (χ2n) is 5.92. The van der Waals surface area contributed by atoms with Crippen LogP contribution in [0.5, 0.6) is 0 Å². The highest BCUT2D eigenvalue weighted by atomic mass is 19.1. The third kappa shape index (κ3) is 3.39. The Balaban J connectivity index is 1.70. The molecule has 8 nitrogen and oxygen atoms in total. The van der Waals surface area contributed by atoms with Gasteiger partial charge in [-0.05, 0) is 36.8 Å². The Morgan fingerprint density at radius 2 is 2.04 bits per heavy atom. The van der Waals surface area contributed by atoms with Gasteiger partial charge in [-0.2, -0.15) is 19.7 Å². The minimum Gasteiger partial charge on any atom is -0.304 e. The van der Waals surface area contributed by atoms with Crippen LogP contribution in [-0.2, 0) is 6.54 Å². The van der Waals surface area contributed by atoms with E-state index in [9.17, 15) is 9.18 Å². The number of nitrogens with zero attached hydrogens (tertiary/aromatic N) is 6. The molecule has 0 aliphatic carbocycles. The van der Waals surface area contributed by atoms with Gasteiger partial charge in [0.15, 0.2) is 5.82 Å². The lowest BCUT2D eigenvalue weighted by molar-refractivity contribution is 0.101. The molecule has 0 saturated heterocycles. The molecule has 9 heteroatoms. The van der Waals surface area contributed by atoms with E-state index >= 15 is 0 Å². The molecule has 4 rings (SSSR count). The highest BCUT2D eigenvalue weighted by molar-refractivity contribution is 6.03. The number of benzene rings is 1. The van der Waals surface area contributed by atoms with Crippen molar-refractivity contribution in [1.29, 1.82) is 0 Å². The van der Waals surface area contributed by atoms with Crippen LogP contribution in [-0.4, -0.2) is 35.3 Å². The molecule has 3 aromatic heterocycles. The number of fused-ring (bicyclic) bond motifs is 1. The van der Waals surface area contributed by atoms with E-state index in [0.717, 1.165) is 13.0 Å². The predicted octanol–water partition coefficient (Wildman–Crippen LogP) is 2.79. The molecule has 136 valence electrons. The first-order valence-corrected chi connectivity index (χ1v) is 8.45. The maximum atomic E-state index is 13.2. The van der Waals surface area contributed by atoms with Gasteiger partial charge in [-0.25, -0.2) is 9.37 Å². The Hall–Kier alpha value is -3.62. The molecular formula is C18H16FN7O. The van der Waals surface area contributed by atoms with Crippen LogP contribution in [0, 0.1) is 5.82 Å². The number of carbonyl (C=O) groups is 1. The summed E-state index contributed by atoms with van der Waals surface area (Å²) in [5.74, 6) is -0.0127. The molecule has 0 bridgehead atoms. The maximum absolute atomic E-state index is 13.2. The van der Waals surface area contributed by atoms with Gasteiger partial charge < -0.3 is 5.32 Å². The van der Waals surface area contributed by atoms with Crippen molar-refractivity contribution < 1.29 is 9.18 Å². The quantitative estimate of drug-likeness (QED) is 0.587. The summed E-state index contributed by atoms with van der Waals surface area (Å²) in [6.07, 6.45) is 4.07. The second kappa shape index (κ2) is 6.94. The van der Waals surface area contributed by atoms with Gasteiger partial charge in [-0.15, -0.1) is 0 Å². The molecule has 0 saturated carbocycles. The summed E-state index contributed by atoms with van der Waals surface area (Å²) >= 11 is 0. The third-order valence-electron chi connectivity index (χ3n) is 3.96. The number of nitrogens with one attached hydrogen (secondary N) is 1. The fourth-order valence-electron chi connectivity index (χ4n) is 2.70. The molecule has 0 aliphatic heterocycles. The van der Waals surface area contributed by atoms with E-state index in [0.29, 0.717) is 17.1 Å². The van der Waals surface area contributed by atoms with Crippen molar-refractivity contribution in [2.45, 2.75) is 19.9 Å². The Morgan fingerprint density at radius 3 is 2.81 bits per heavy atom. The maximum Gasteiger partial charge on any atom is 0.275 e. The second-order valence-corrected chi connectivity index (χ2v) is 5.92. The average molecular weight is 365 g/mol. The molecule has 0 aliphatic rings. The lowest BCUT2D eigenvalue weighted by Gasteiger charge is -2.07. The standard InChI is InChI=1S/C18H16FN7O/c1-2-8-25-9-7-16(24-25)23-17(27)15-10-14(12-3-5-13(19)6-4-12)22-18-20-11-21-26(15)18/h3-7,9-11H,2,8H2,1H3,(H,23,24,27). The monoisotopic (exact) mass is 365 g/mol. The number of amides is 1. The Labute approximate surface area is 153 Å². The van der Waals surface area contributed by atoms with Crippen LogP contribution in [0.25, 0.3) is 17.0 Å². The van der Waals surface area contributed by atoms with Crippen LogP contribution >= 0.6 is 0 Å². The molecule has 27 heavy (non-hydrogen) atoms. The first-order valence-electron chi connectivity index (χ1n) is 8.45. The van der Waals surface area contributed by atoms with Gasteiger partial charge in [-0.1, -0.05) is 6.92 Å². The van der Waals surface area contributed by atoms with E-state index in [1.165, 1.54) is 23.0 Å². The van der Waals surface area contributed by atoms with E-state index in [2.05, 4.69) is 32.4 Å². The van der Waals surface area contributed by atoms with Crippen molar-refractivity contribution in [2.75, 3.05) is 5.32 Å². The molecule has 1 aromatic carbocycles. The molecular weight excluding hydrogens is 349 g/mol. The van der Waals surface area contributed by atoms with Gasteiger partial charge in [0.05, 0.1) is 5.69 Å². The highest BCUT2D eigenvalue weighted by Gasteiger charge is 2.17. The number of hydrogen-bond acceptors (Lipinski definition) is 5. The lowest BCUT2D eigenvalue weighted by Crippen LogP contribution is -2.18. The van der Waals surface area contributed by atoms with Gasteiger partial charge in [0.2, 0.25) is 0 Å². The highest BCUT2D eigenvalue weighted by Crippen LogP contribution is 2.20. The molecule has 0 atom stereocenters. The van der Waals surface area contributed by atoms with Crippen LogP contribution in [0.2, 0.25) is 0 Å². The fourth-order valence-corrected chi connectivity index (χ4v) is 2.70. The van der Waals surface area contributed by atoms with Crippen LogP contribution in [0.4, 0.5) is 10.2 Å². The van der Waals surface area contributed by atoms with Gasteiger partial charge in [0.25, 0.3) is 11.7 Å². The summed E-state index contributed by atoms with van der Waals surface area (Å²) in [4.78, 5) is 21.2. The first kappa shape index (κ1) is 16.8. The molecule has 1 N–H and O–H groups in total. The van der Waals surface area contributed by atoms with Crippen LogP contribution in [0.1, 0.15) is 23.8 Å². The zero-order valence-electron chi connectivity index (χ0n) is 14.5. The minimum absolute atomic E-state index is 0.252.